The van der Waals surface area contributed by atoms with Crippen LogP contribution in [0.4, 0.5) is 0 Å². The van der Waals surface area contributed by atoms with E-state index < -0.39 is 0 Å². The lowest BCUT2D eigenvalue weighted by molar-refractivity contribution is 0.712. The summed E-state index contributed by atoms with van der Waals surface area (Å²) in [5.41, 5.74) is 9.44. The number of hydrogen-bond acceptors (Lipinski definition) is 1. The topological polar surface area (TPSA) is 26.0 Å². The summed E-state index contributed by atoms with van der Waals surface area (Å²) < 4.78 is 0. The number of hydrogen-bond donors (Lipinski definition) is 1. The van der Waals surface area contributed by atoms with Gasteiger partial charge >= 0.3 is 0 Å². The van der Waals surface area contributed by atoms with Crippen LogP contribution in [0.25, 0.3) is 0 Å². The molecule has 1 nitrogen and oxygen atoms in total. The smallest absolute Gasteiger partial charge is 0.0408 e. The Kier molecular flexibility index (Phi) is 5.96. The third kappa shape index (κ3) is 4.25. The fourth-order valence-corrected chi connectivity index (χ4v) is 1.77. The van der Waals surface area contributed by atoms with Crippen molar-refractivity contribution in [1.29, 1.82) is 0 Å². The van der Waals surface area contributed by atoms with Crippen molar-refractivity contribution in [3.63, 3.8) is 0 Å². The van der Waals surface area contributed by atoms with Gasteiger partial charge in [0.25, 0.3) is 0 Å². The van der Waals surface area contributed by atoms with Crippen molar-refractivity contribution in [2.75, 3.05) is 0 Å². The van der Waals surface area contributed by atoms with Gasteiger partial charge in [-0.25, -0.2) is 0 Å². The van der Waals surface area contributed by atoms with Gasteiger partial charge in [-0.3, -0.25) is 0 Å². The third-order valence-corrected chi connectivity index (χ3v) is 2.43. The average molecular weight is 246 g/mol. The molecule has 0 saturated carbocycles. The molecular weight excluding hydrogens is 229 g/mol. The quantitative estimate of drug-likeness (QED) is 0.800. The first-order valence-corrected chi connectivity index (χ1v) is 5.04. The molecule has 0 heterocycles. The normalized spacial score (nSPS) is 11.7. The second kappa shape index (κ2) is 6.16. The third-order valence-electron chi connectivity index (χ3n) is 2.20. The van der Waals surface area contributed by atoms with E-state index >= 15 is 0 Å². The first kappa shape index (κ1) is 14.5. The first-order valence-electron chi connectivity index (χ1n) is 4.66. The zero-order chi connectivity index (χ0) is 10.7. The molecule has 0 unspecified atom stereocenters. The summed E-state index contributed by atoms with van der Waals surface area (Å²) in [6.07, 6.45) is 0.822. The standard InChI is InChI=1S/C12H16ClN.ClH/c1-8(2)6-12(14)11-5-4-10(13)7-9(11)3;/h4-5,7,12H,1,6,14H2,2-3H3;1H/t12-;/m0./s1. The maximum Gasteiger partial charge on any atom is 0.0408 e. The summed E-state index contributed by atoms with van der Waals surface area (Å²) in [6.45, 7) is 7.88. The predicted octanol–water partition coefficient (Wildman–Crippen LogP) is 4.04. The molecule has 0 radical (unpaired) electrons. The minimum Gasteiger partial charge on any atom is -0.324 e. The van der Waals surface area contributed by atoms with Gasteiger partial charge in [-0.2, -0.15) is 0 Å². The maximum atomic E-state index is 6.04. The first-order chi connectivity index (χ1) is 6.50. The molecule has 0 aromatic heterocycles. The Hall–Kier alpha value is -0.500. The molecule has 15 heavy (non-hydrogen) atoms. The molecule has 1 atom stereocenters. The Bertz CT molecular complexity index is 347. The van der Waals surface area contributed by atoms with Gasteiger partial charge in [0, 0.05) is 11.1 Å². The summed E-state index contributed by atoms with van der Waals surface area (Å²) in [7, 11) is 0. The zero-order valence-corrected chi connectivity index (χ0v) is 10.7. The molecule has 0 aliphatic carbocycles. The maximum absolute atomic E-state index is 6.04. The predicted molar refractivity (Wildman–Crippen MR) is 69.8 cm³/mol. The van der Waals surface area contributed by atoms with E-state index in [-0.39, 0.29) is 18.4 Å². The molecule has 84 valence electrons. The molecule has 1 aromatic carbocycles. The molecule has 0 aliphatic heterocycles. The molecular formula is C12H17Cl2N. The summed E-state index contributed by atoms with van der Waals surface area (Å²) in [5.74, 6) is 0. The summed E-state index contributed by atoms with van der Waals surface area (Å²) >= 11 is 5.87. The molecule has 0 aliphatic rings. The van der Waals surface area contributed by atoms with E-state index in [1.54, 1.807) is 0 Å². The largest absolute Gasteiger partial charge is 0.324 e. The van der Waals surface area contributed by atoms with Crippen LogP contribution in [0.5, 0.6) is 0 Å². The number of halogens is 2. The van der Waals surface area contributed by atoms with Crippen LogP contribution in [0.1, 0.15) is 30.5 Å². The summed E-state index contributed by atoms with van der Waals surface area (Å²) in [4.78, 5) is 0. The minimum absolute atomic E-state index is 0. The van der Waals surface area contributed by atoms with Gasteiger partial charge in [0.05, 0.1) is 0 Å². The van der Waals surface area contributed by atoms with E-state index in [1.807, 2.05) is 32.0 Å². The van der Waals surface area contributed by atoms with Crippen molar-refractivity contribution in [2.45, 2.75) is 26.3 Å². The summed E-state index contributed by atoms with van der Waals surface area (Å²) in [5, 5.41) is 0.758. The van der Waals surface area contributed by atoms with Gasteiger partial charge in [-0.1, -0.05) is 23.2 Å². The molecule has 0 spiro atoms. The van der Waals surface area contributed by atoms with Crippen LogP contribution in [-0.2, 0) is 0 Å². The van der Waals surface area contributed by atoms with Crippen molar-refractivity contribution in [1.82, 2.24) is 0 Å². The molecule has 0 bridgehead atoms. The van der Waals surface area contributed by atoms with E-state index in [0.29, 0.717) is 0 Å². The highest BCUT2D eigenvalue weighted by Crippen LogP contribution is 2.23. The SMILES string of the molecule is C=C(C)C[C@H](N)c1ccc(Cl)cc1C.Cl. The van der Waals surface area contributed by atoms with Gasteiger partial charge in [0.15, 0.2) is 0 Å². The molecule has 0 fully saturated rings. The van der Waals surface area contributed by atoms with E-state index in [1.165, 1.54) is 0 Å². The number of aryl methyl sites for hydroxylation is 1. The lowest BCUT2D eigenvalue weighted by Gasteiger charge is -2.14. The highest BCUT2D eigenvalue weighted by atomic mass is 35.5. The number of benzene rings is 1. The number of nitrogens with two attached hydrogens (primary N) is 1. The van der Waals surface area contributed by atoms with Crippen molar-refractivity contribution >= 4 is 24.0 Å². The van der Waals surface area contributed by atoms with Crippen molar-refractivity contribution in [3.05, 3.63) is 46.5 Å². The lowest BCUT2D eigenvalue weighted by atomic mass is 9.97. The average Bonchev–Trinajstić information content (AvgIpc) is 2.01. The Morgan fingerprint density at radius 1 is 1.53 bits per heavy atom. The fraction of sp³-hybridized carbons (Fsp3) is 0.333. The highest BCUT2D eigenvalue weighted by Gasteiger charge is 2.08. The van der Waals surface area contributed by atoms with Crippen LogP contribution in [0.2, 0.25) is 5.02 Å². The van der Waals surface area contributed by atoms with Gasteiger partial charge < -0.3 is 5.73 Å². The van der Waals surface area contributed by atoms with Crippen molar-refractivity contribution in [2.24, 2.45) is 5.73 Å². The van der Waals surface area contributed by atoms with Crippen LogP contribution in [0.15, 0.2) is 30.4 Å². The van der Waals surface area contributed by atoms with Crippen LogP contribution in [0.3, 0.4) is 0 Å². The second-order valence-corrected chi connectivity index (χ2v) is 4.21. The summed E-state index contributed by atoms with van der Waals surface area (Å²) in [6, 6.07) is 5.84. The van der Waals surface area contributed by atoms with E-state index in [2.05, 4.69) is 6.58 Å². The highest BCUT2D eigenvalue weighted by molar-refractivity contribution is 6.30. The molecule has 3 heteroatoms. The van der Waals surface area contributed by atoms with E-state index in [4.69, 9.17) is 17.3 Å². The van der Waals surface area contributed by atoms with Gasteiger partial charge in [0.2, 0.25) is 0 Å². The lowest BCUT2D eigenvalue weighted by Crippen LogP contribution is -2.11. The van der Waals surface area contributed by atoms with Gasteiger partial charge in [-0.15, -0.1) is 19.0 Å². The molecule has 2 N–H and O–H groups in total. The van der Waals surface area contributed by atoms with Crippen LogP contribution in [-0.4, -0.2) is 0 Å². The monoisotopic (exact) mass is 245 g/mol. The van der Waals surface area contributed by atoms with Crippen LogP contribution < -0.4 is 5.73 Å². The van der Waals surface area contributed by atoms with E-state index in [9.17, 15) is 0 Å². The minimum atomic E-state index is 0. The second-order valence-electron chi connectivity index (χ2n) is 3.77. The van der Waals surface area contributed by atoms with Crippen LogP contribution >= 0.6 is 24.0 Å². The molecule has 0 saturated heterocycles. The molecule has 1 aromatic rings. The number of rotatable bonds is 3. The Morgan fingerprint density at radius 2 is 2.13 bits per heavy atom. The Labute approximate surface area is 103 Å². The van der Waals surface area contributed by atoms with Gasteiger partial charge in [0.1, 0.15) is 0 Å². The molecule has 1 rings (SSSR count). The fourth-order valence-electron chi connectivity index (χ4n) is 1.54. The molecule has 0 amide bonds. The Morgan fingerprint density at radius 3 is 2.60 bits per heavy atom. The Balaban J connectivity index is 0.00000196. The van der Waals surface area contributed by atoms with Gasteiger partial charge in [-0.05, 0) is 43.5 Å². The van der Waals surface area contributed by atoms with Crippen LogP contribution in [0, 0.1) is 6.92 Å². The van der Waals surface area contributed by atoms with Crippen molar-refractivity contribution in [3.8, 4) is 0 Å². The van der Waals surface area contributed by atoms with Crippen molar-refractivity contribution < 1.29 is 0 Å². The zero-order valence-electron chi connectivity index (χ0n) is 9.09. The van der Waals surface area contributed by atoms with E-state index in [0.717, 1.165) is 28.1 Å².